The van der Waals surface area contributed by atoms with Gasteiger partial charge in [-0.2, -0.15) is 5.21 Å². The molecule has 1 atom stereocenters. The summed E-state index contributed by atoms with van der Waals surface area (Å²) in [6, 6.07) is 5.89. The van der Waals surface area contributed by atoms with Crippen LogP contribution in [0.1, 0.15) is 24.4 Å². The summed E-state index contributed by atoms with van der Waals surface area (Å²) in [5.74, 6) is -0.281. The van der Waals surface area contributed by atoms with Gasteiger partial charge in [0.05, 0.1) is 25.2 Å². The summed E-state index contributed by atoms with van der Waals surface area (Å²) < 4.78 is 3.05. The van der Waals surface area contributed by atoms with Crippen molar-refractivity contribution in [2.75, 3.05) is 7.05 Å². The number of aromatic nitrogens is 6. The monoisotopic (exact) mass is 443 g/mol. The number of halogens is 1. The number of amides is 2. The van der Waals surface area contributed by atoms with Gasteiger partial charge in [0.15, 0.2) is 12.0 Å². The molecule has 12 heteroatoms. The van der Waals surface area contributed by atoms with E-state index < -0.39 is 12.0 Å². The highest BCUT2D eigenvalue weighted by molar-refractivity contribution is 6.30. The number of hydrogen-bond donors (Lipinski definition) is 1. The summed E-state index contributed by atoms with van der Waals surface area (Å²) in [7, 11) is 3.41. The number of imidazole rings is 1. The average molecular weight is 444 g/mol. The van der Waals surface area contributed by atoms with E-state index in [9.17, 15) is 9.59 Å². The molecular weight excluding hydrogens is 424 g/mol. The first-order chi connectivity index (χ1) is 14.8. The Morgan fingerprint density at radius 1 is 1.32 bits per heavy atom. The Morgan fingerprint density at radius 2 is 2.06 bits per heavy atom. The van der Waals surface area contributed by atoms with E-state index >= 15 is 0 Å². The van der Waals surface area contributed by atoms with Crippen LogP contribution in [0.3, 0.4) is 0 Å². The molecule has 0 fully saturated rings. The van der Waals surface area contributed by atoms with Crippen LogP contribution in [0, 0.1) is 0 Å². The number of rotatable bonds is 5. The fourth-order valence-electron chi connectivity index (χ4n) is 3.42. The predicted octanol–water partition coefficient (Wildman–Crippen LogP) is 1.02. The summed E-state index contributed by atoms with van der Waals surface area (Å²) in [4.78, 5) is 34.9. The number of H-pyrrole nitrogens is 1. The van der Waals surface area contributed by atoms with Crippen LogP contribution >= 0.6 is 11.6 Å². The number of carbonyl (C=O) groups excluding carboxylic acids is 2. The van der Waals surface area contributed by atoms with Gasteiger partial charge >= 0.3 is 12.0 Å². The lowest BCUT2D eigenvalue weighted by Gasteiger charge is -2.40. The molecule has 2 aromatic heterocycles. The molecule has 1 aromatic carbocycles. The summed E-state index contributed by atoms with van der Waals surface area (Å²) in [5, 5.41) is 14.4. The third-order valence-electron chi connectivity index (χ3n) is 5.05. The van der Waals surface area contributed by atoms with Gasteiger partial charge in [0.2, 0.25) is 0 Å². The number of carbonyl (C=O) groups is 2. The van der Waals surface area contributed by atoms with Gasteiger partial charge in [-0.3, -0.25) is 4.84 Å². The molecule has 11 nitrogen and oxygen atoms in total. The molecule has 3 aromatic rings. The Hall–Kier alpha value is -3.73. The number of allylic oxidation sites excluding steroid dienone is 1. The van der Waals surface area contributed by atoms with E-state index in [0.717, 1.165) is 0 Å². The Kier molecular flexibility index (Phi) is 5.42. The third kappa shape index (κ3) is 3.99. The largest absolute Gasteiger partial charge is 0.388 e. The lowest BCUT2D eigenvalue weighted by atomic mass is 9.93. The van der Waals surface area contributed by atoms with E-state index in [0.29, 0.717) is 27.7 Å². The zero-order valence-electron chi connectivity index (χ0n) is 17.1. The highest BCUT2D eigenvalue weighted by Gasteiger charge is 2.42. The fourth-order valence-corrected chi connectivity index (χ4v) is 3.54. The van der Waals surface area contributed by atoms with Gasteiger partial charge in [-0.25, -0.2) is 14.2 Å². The summed E-state index contributed by atoms with van der Waals surface area (Å²) in [5.41, 5.74) is 1.49. The number of hydrogen-bond acceptors (Lipinski definition) is 6. The summed E-state index contributed by atoms with van der Waals surface area (Å²) >= 11 is 6.06. The van der Waals surface area contributed by atoms with Crippen molar-refractivity contribution in [1.82, 2.24) is 35.2 Å². The Bertz CT molecular complexity index is 1140. The van der Waals surface area contributed by atoms with Crippen LogP contribution in [-0.2, 0) is 18.4 Å². The molecule has 1 N–H and O–H groups in total. The Labute approximate surface area is 182 Å². The number of nitrogens with zero attached hydrogens (tertiary/aromatic N) is 7. The molecule has 4 rings (SSSR count). The molecule has 0 aliphatic carbocycles. The molecule has 1 aliphatic heterocycles. The molecule has 1 unspecified atom stereocenters. The van der Waals surface area contributed by atoms with Crippen LogP contribution in [0.15, 0.2) is 54.3 Å². The van der Waals surface area contributed by atoms with Crippen molar-refractivity contribution in [2.45, 2.75) is 19.5 Å². The van der Waals surface area contributed by atoms with Gasteiger partial charge in [-0.05, 0) is 29.4 Å². The Morgan fingerprint density at radius 3 is 2.68 bits per heavy atom. The number of nitrogens with one attached hydrogen (secondary N) is 1. The standard InChI is InChI=1S/C19H20ClN8O3/c1-12-16(18(29)31-27-9-8-25(2)11-27)17(13-4-6-14(20)7-5-13)28(19(30)26(12)3)10-15-21-23-24-22-15/h4-9,11,17H,10H2,1-3H3,(H,21,22,23,24)/q+1. The van der Waals surface area contributed by atoms with Gasteiger partial charge in [0, 0.05) is 17.8 Å². The van der Waals surface area contributed by atoms with Gasteiger partial charge in [-0.15, -0.1) is 10.2 Å². The molecule has 0 saturated carbocycles. The van der Waals surface area contributed by atoms with Gasteiger partial charge in [0.1, 0.15) is 6.20 Å². The molecule has 160 valence electrons. The minimum Gasteiger partial charge on any atom is -0.305 e. The van der Waals surface area contributed by atoms with Crippen molar-refractivity contribution in [1.29, 1.82) is 0 Å². The Balaban J connectivity index is 1.80. The minimum absolute atomic E-state index is 0.0372. The molecule has 0 saturated heterocycles. The number of urea groups is 1. The topological polar surface area (TPSA) is 113 Å². The van der Waals surface area contributed by atoms with Crippen molar-refractivity contribution in [3.05, 3.63) is 70.7 Å². The van der Waals surface area contributed by atoms with Crippen LogP contribution in [0.5, 0.6) is 0 Å². The smallest absolute Gasteiger partial charge is 0.305 e. The number of aromatic amines is 1. The first-order valence-electron chi connectivity index (χ1n) is 9.34. The summed E-state index contributed by atoms with van der Waals surface area (Å²) in [6.07, 6.45) is 4.96. The van der Waals surface area contributed by atoms with Crippen LogP contribution in [0.25, 0.3) is 0 Å². The maximum absolute atomic E-state index is 13.3. The second-order valence-electron chi connectivity index (χ2n) is 7.07. The molecule has 0 radical (unpaired) electrons. The highest BCUT2D eigenvalue weighted by Crippen LogP contribution is 2.38. The first kappa shape index (κ1) is 20.5. The minimum atomic E-state index is -0.740. The fraction of sp³-hybridized carbons (Fsp3) is 0.263. The lowest BCUT2D eigenvalue weighted by molar-refractivity contribution is -0.671. The molecule has 0 spiro atoms. The second kappa shape index (κ2) is 8.19. The van der Waals surface area contributed by atoms with E-state index in [1.165, 1.54) is 14.5 Å². The van der Waals surface area contributed by atoms with Crippen LogP contribution in [0.4, 0.5) is 4.79 Å². The molecule has 1 aliphatic rings. The molecular formula is C19H20ClN8O3+. The number of benzene rings is 1. The molecule has 2 amide bonds. The van der Waals surface area contributed by atoms with Crippen LogP contribution < -0.4 is 9.40 Å². The van der Waals surface area contributed by atoms with Crippen molar-refractivity contribution < 1.29 is 19.0 Å². The van der Waals surface area contributed by atoms with Crippen molar-refractivity contribution in [3.8, 4) is 0 Å². The van der Waals surface area contributed by atoms with E-state index in [2.05, 4.69) is 20.6 Å². The summed E-state index contributed by atoms with van der Waals surface area (Å²) in [6.45, 7) is 1.74. The quantitative estimate of drug-likeness (QED) is 0.589. The molecule has 3 heterocycles. The normalized spacial score (nSPS) is 16.8. The van der Waals surface area contributed by atoms with E-state index in [1.807, 2.05) is 7.05 Å². The van der Waals surface area contributed by atoms with E-state index in [1.54, 1.807) is 61.5 Å². The third-order valence-corrected chi connectivity index (χ3v) is 5.30. The zero-order valence-corrected chi connectivity index (χ0v) is 17.8. The zero-order chi connectivity index (χ0) is 22.1. The number of aryl methyl sites for hydroxylation is 1. The van der Waals surface area contributed by atoms with Crippen molar-refractivity contribution in [3.63, 3.8) is 0 Å². The lowest BCUT2D eigenvalue weighted by Crippen LogP contribution is -2.49. The van der Waals surface area contributed by atoms with Gasteiger partial charge in [0.25, 0.3) is 6.33 Å². The average Bonchev–Trinajstić information content (AvgIpc) is 3.40. The van der Waals surface area contributed by atoms with Crippen LogP contribution in [-0.4, -0.2) is 54.2 Å². The second-order valence-corrected chi connectivity index (χ2v) is 7.50. The SMILES string of the molecule is CC1=C(C(=O)On2cc[n+](C)c2)C(c2ccc(Cl)cc2)N(Cc2nn[nH]n2)C(=O)N1C. The van der Waals surface area contributed by atoms with E-state index in [-0.39, 0.29) is 12.6 Å². The maximum Gasteiger partial charge on any atom is 0.388 e. The first-order valence-corrected chi connectivity index (χ1v) is 9.71. The maximum atomic E-state index is 13.3. The van der Waals surface area contributed by atoms with Crippen molar-refractivity contribution >= 4 is 23.6 Å². The van der Waals surface area contributed by atoms with E-state index in [4.69, 9.17) is 16.4 Å². The molecule has 0 bridgehead atoms. The number of tetrazole rings is 1. The molecule has 31 heavy (non-hydrogen) atoms. The van der Waals surface area contributed by atoms with Crippen LogP contribution in [0.2, 0.25) is 5.02 Å². The van der Waals surface area contributed by atoms with Gasteiger partial charge in [-0.1, -0.05) is 28.9 Å². The highest BCUT2D eigenvalue weighted by atomic mass is 35.5. The predicted molar refractivity (Wildman–Crippen MR) is 107 cm³/mol. The van der Waals surface area contributed by atoms with Gasteiger partial charge < -0.3 is 9.80 Å². The van der Waals surface area contributed by atoms with Crippen molar-refractivity contribution in [2.24, 2.45) is 7.05 Å².